The summed E-state index contributed by atoms with van der Waals surface area (Å²) in [6, 6.07) is 12.6. The number of rotatable bonds is 10. The van der Waals surface area contributed by atoms with E-state index in [0.29, 0.717) is 23.0 Å². The first kappa shape index (κ1) is 32.3. The number of aliphatic hydroxyl groups is 1. The molecular formula is C32H23F5N6O2. The van der Waals surface area contributed by atoms with E-state index in [4.69, 9.17) is 10.00 Å². The molecule has 0 spiro atoms. The molecule has 2 aromatic carbocycles. The molecular weight excluding hydrogens is 595 g/mol. The van der Waals surface area contributed by atoms with Gasteiger partial charge in [-0.2, -0.15) is 14.0 Å². The maximum atomic E-state index is 15.9. The number of hydrogen-bond donors (Lipinski definition) is 1. The summed E-state index contributed by atoms with van der Waals surface area (Å²) < 4.78 is 79.4. The quantitative estimate of drug-likeness (QED) is 0.105. The van der Waals surface area contributed by atoms with Crippen molar-refractivity contribution in [2.24, 2.45) is 0 Å². The van der Waals surface area contributed by atoms with Crippen molar-refractivity contribution in [3.05, 3.63) is 137 Å². The van der Waals surface area contributed by atoms with Crippen molar-refractivity contribution in [1.29, 1.82) is 5.26 Å². The van der Waals surface area contributed by atoms with Gasteiger partial charge >= 0.3 is 5.92 Å². The maximum Gasteiger partial charge on any atom is 0.323 e. The van der Waals surface area contributed by atoms with E-state index in [-0.39, 0.29) is 17.7 Å². The van der Waals surface area contributed by atoms with E-state index in [2.05, 4.69) is 38.9 Å². The van der Waals surface area contributed by atoms with E-state index >= 15 is 8.78 Å². The van der Waals surface area contributed by atoms with Crippen molar-refractivity contribution in [3.8, 4) is 23.7 Å². The number of alkyl halides is 2. The standard InChI is InChI=1S/C32H23F5N6O2/c1-21(13-25(16-38)14-22(2)33)18-45-27-9-5-23(6-10-27)3-4-24-7-12-30(39-17-24)32(36,37)31(44,19-43-20-40-41-42-43)28-11-8-26(34)15-29(28)35/h5-15,17,20,44H,2,18-19H2,1H3/b21-13+,25-14+. The number of aromatic nitrogens is 5. The highest BCUT2D eigenvalue weighted by Crippen LogP contribution is 2.46. The summed E-state index contributed by atoms with van der Waals surface area (Å²) in [5.41, 5.74) is -3.41. The van der Waals surface area contributed by atoms with Crippen LogP contribution in [0.25, 0.3) is 0 Å². The summed E-state index contributed by atoms with van der Waals surface area (Å²) in [5, 5.41) is 30.5. The molecule has 0 aliphatic rings. The van der Waals surface area contributed by atoms with Crippen LogP contribution in [0.1, 0.15) is 29.3 Å². The topological polar surface area (TPSA) is 110 Å². The zero-order valence-corrected chi connectivity index (χ0v) is 23.6. The van der Waals surface area contributed by atoms with Crippen LogP contribution in [0.3, 0.4) is 0 Å². The van der Waals surface area contributed by atoms with Gasteiger partial charge < -0.3 is 9.84 Å². The number of nitrogens with zero attached hydrogens (tertiary/aromatic N) is 6. The van der Waals surface area contributed by atoms with Crippen molar-refractivity contribution in [1.82, 2.24) is 25.2 Å². The van der Waals surface area contributed by atoms with Crippen LogP contribution in [-0.2, 0) is 18.1 Å². The second-order valence-corrected chi connectivity index (χ2v) is 9.71. The minimum Gasteiger partial charge on any atom is -0.489 e. The van der Waals surface area contributed by atoms with Crippen LogP contribution >= 0.6 is 0 Å². The molecule has 0 amide bonds. The Morgan fingerprint density at radius 3 is 2.38 bits per heavy atom. The number of benzene rings is 2. The first-order valence-corrected chi connectivity index (χ1v) is 13.0. The number of halogens is 5. The second-order valence-electron chi connectivity index (χ2n) is 9.71. The van der Waals surface area contributed by atoms with Gasteiger partial charge in [0, 0.05) is 29.0 Å². The lowest BCUT2D eigenvalue weighted by Gasteiger charge is -2.35. The fourth-order valence-electron chi connectivity index (χ4n) is 4.09. The summed E-state index contributed by atoms with van der Waals surface area (Å²) in [4.78, 5) is 3.78. The Labute approximate surface area is 254 Å². The van der Waals surface area contributed by atoms with E-state index in [9.17, 15) is 18.3 Å². The van der Waals surface area contributed by atoms with E-state index < -0.39 is 46.8 Å². The summed E-state index contributed by atoms with van der Waals surface area (Å²) in [7, 11) is 0. The average molecular weight is 619 g/mol. The van der Waals surface area contributed by atoms with Crippen LogP contribution in [0.4, 0.5) is 22.0 Å². The third-order valence-corrected chi connectivity index (χ3v) is 6.28. The number of allylic oxidation sites excluding steroid dienone is 4. The van der Waals surface area contributed by atoms with Crippen molar-refractivity contribution >= 4 is 0 Å². The van der Waals surface area contributed by atoms with Crippen molar-refractivity contribution in [2.45, 2.75) is 25.0 Å². The molecule has 45 heavy (non-hydrogen) atoms. The monoisotopic (exact) mass is 618 g/mol. The van der Waals surface area contributed by atoms with Gasteiger partial charge in [-0.3, -0.25) is 4.98 Å². The number of tetrazole rings is 1. The summed E-state index contributed by atoms with van der Waals surface area (Å²) in [6.07, 6.45) is 4.53. The van der Waals surface area contributed by atoms with Gasteiger partial charge in [0.05, 0.1) is 18.2 Å². The summed E-state index contributed by atoms with van der Waals surface area (Å²) in [5.74, 6) is -1.16. The first-order chi connectivity index (χ1) is 21.4. The third kappa shape index (κ3) is 7.84. The Morgan fingerprint density at radius 1 is 1.07 bits per heavy atom. The van der Waals surface area contributed by atoms with Gasteiger partial charge in [-0.15, -0.1) is 5.10 Å². The second kappa shape index (κ2) is 13.8. The molecule has 228 valence electrons. The Kier molecular flexibility index (Phi) is 9.86. The molecule has 4 rings (SSSR count). The predicted molar refractivity (Wildman–Crippen MR) is 152 cm³/mol. The normalized spacial score (nSPS) is 13.3. The van der Waals surface area contributed by atoms with Crippen LogP contribution in [0.5, 0.6) is 5.75 Å². The molecule has 1 atom stereocenters. The minimum atomic E-state index is -4.19. The molecule has 0 radical (unpaired) electrons. The number of hydrogen-bond acceptors (Lipinski definition) is 7. The average Bonchev–Trinajstić information content (AvgIpc) is 3.51. The molecule has 0 saturated heterocycles. The Balaban J connectivity index is 1.49. The zero-order valence-electron chi connectivity index (χ0n) is 23.6. The zero-order chi connectivity index (χ0) is 32.6. The molecule has 13 heteroatoms. The highest BCUT2D eigenvalue weighted by molar-refractivity contribution is 5.44. The van der Waals surface area contributed by atoms with Gasteiger partial charge in [-0.1, -0.05) is 18.4 Å². The van der Waals surface area contributed by atoms with E-state index in [0.717, 1.165) is 41.5 Å². The van der Waals surface area contributed by atoms with Gasteiger partial charge in [-0.05, 0) is 83.6 Å². The molecule has 1 unspecified atom stereocenters. The fourth-order valence-corrected chi connectivity index (χ4v) is 4.09. The van der Waals surface area contributed by atoms with Crippen LogP contribution in [0.2, 0.25) is 0 Å². The Morgan fingerprint density at radius 2 is 1.78 bits per heavy atom. The van der Waals surface area contributed by atoms with Gasteiger partial charge in [0.25, 0.3) is 0 Å². The van der Waals surface area contributed by atoms with E-state index in [1.807, 2.05) is 6.07 Å². The lowest BCUT2D eigenvalue weighted by Crippen LogP contribution is -2.48. The first-order valence-electron chi connectivity index (χ1n) is 13.0. The van der Waals surface area contributed by atoms with Crippen molar-refractivity contribution in [2.75, 3.05) is 6.61 Å². The Bertz CT molecular complexity index is 1840. The number of ether oxygens (including phenoxy) is 1. The smallest absolute Gasteiger partial charge is 0.323 e. The third-order valence-electron chi connectivity index (χ3n) is 6.28. The molecule has 0 bridgehead atoms. The molecule has 0 aliphatic carbocycles. The van der Waals surface area contributed by atoms with E-state index in [1.165, 1.54) is 12.1 Å². The minimum absolute atomic E-state index is 0.0993. The van der Waals surface area contributed by atoms with E-state index in [1.54, 1.807) is 31.2 Å². The summed E-state index contributed by atoms with van der Waals surface area (Å²) >= 11 is 0. The molecule has 4 aromatic rings. The number of pyridine rings is 1. The molecule has 0 saturated carbocycles. The van der Waals surface area contributed by atoms with Crippen molar-refractivity contribution in [3.63, 3.8) is 0 Å². The van der Waals surface area contributed by atoms with Crippen LogP contribution < -0.4 is 4.74 Å². The lowest BCUT2D eigenvalue weighted by molar-refractivity contribution is -0.207. The molecule has 1 N–H and O–H groups in total. The predicted octanol–water partition coefficient (Wildman–Crippen LogP) is 5.68. The van der Waals surface area contributed by atoms with Crippen molar-refractivity contribution < 1.29 is 31.8 Å². The Hall–Kier alpha value is -5.66. The highest BCUT2D eigenvalue weighted by Gasteiger charge is 2.58. The maximum absolute atomic E-state index is 15.9. The van der Waals surface area contributed by atoms with Gasteiger partial charge in [-0.25, -0.2) is 17.9 Å². The summed E-state index contributed by atoms with van der Waals surface area (Å²) in [6.45, 7) is 3.99. The van der Waals surface area contributed by atoms with Gasteiger partial charge in [0.1, 0.15) is 41.8 Å². The largest absolute Gasteiger partial charge is 0.489 e. The molecule has 0 aliphatic heterocycles. The number of nitriles is 1. The lowest BCUT2D eigenvalue weighted by atomic mass is 9.84. The molecule has 0 fully saturated rings. The highest BCUT2D eigenvalue weighted by atomic mass is 19.3. The fraction of sp³-hybridized carbons (Fsp3) is 0.156. The molecule has 2 aromatic heterocycles. The SMILES string of the molecule is C=C(F)/C=C(C#N)\C=C(/C)COc1ccc(C#Cc2ccc(C(F)(F)C(O)(Cn3cnnn3)c3ccc(F)cc3F)nc2)cc1. The molecule has 2 heterocycles. The van der Waals surface area contributed by atoms with Crippen LogP contribution in [0, 0.1) is 34.8 Å². The van der Waals surface area contributed by atoms with Crippen LogP contribution in [0.15, 0.2) is 103 Å². The van der Waals surface area contributed by atoms with Gasteiger partial charge in [0.15, 0.2) is 5.60 Å². The molecule has 8 nitrogen and oxygen atoms in total. The van der Waals surface area contributed by atoms with Gasteiger partial charge in [0.2, 0.25) is 0 Å². The van der Waals surface area contributed by atoms with Crippen LogP contribution in [-0.4, -0.2) is 36.9 Å².